The minimum atomic E-state index is -0.881. The number of carbonyl (C=O) groups excluding carboxylic acids is 1. The van der Waals surface area contributed by atoms with Gasteiger partial charge >= 0.3 is 0 Å². The lowest BCUT2D eigenvalue weighted by molar-refractivity contribution is -0.384. The van der Waals surface area contributed by atoms with E-state index in [4.69, 9.17) is 0 Å². The molecule has 0 bridgehead atoms. The highest BCUT2D eigenvalue weighted by molar-refractivity contribution is 5.79. The highest BCUT2D eigenvalue weighted by atomic mass is 16.6. The Bertz CT molecular complexity index is 470. The van der Waals surface area contributed by atoms with E-state index in [0.717, 1.165) is 19.3 Å². The minimum absolute atomic E-state index is 0.0191. The molecule has 1 N–H and O–H groups in total. The number of nitro groups is 1. The number of aliphatic hydroxyl groups is 1. The maximum Gasteiger partial charge on any atom is 0.269 e. The van der Waals surface area contributed by atoms with Crippen LogP contribution >= 0.6 is 0 Å². The van der Waals surface area contributed by atoms with Crippen LogP contribution in [0, 0.1) is 10.1 Å². The molecule has 5 nitrogen and oxygen atoms in total. The van der Waals surface area contributed by atoms with Crippen LogP contribution in [0.15, 0.2) is 24.3 Å². The van der Waals surface area contributed by atoms with Crippen LogP contribution in [0.4, 0.5) is 5.69 Å². The fourth-order valence-corrected chi connectivity index (χ4v) is 2.36. The van der Waals surface area contributed by atoms with E-state index in [0.29, 0.717) is 12.0 Å². The second-order valence-corrected chi connectivity index (χ2v) is 5.63. The van der Waals surface area contributed by atoms with Crippen LogP contribution < -0.4 is 0 Å². The van der Waals surface area contributed by atoms with Gasteiger partial charge in [-0.2, -0.15) is 0 Å². The second-order valence-electron chi connectivity index (χ2n) is 5.63. The van der Waals surface area contributed by atoms with E-state index in [1.165, 1.54) is 43.5 Å². The van der Waals surface area contributed by atoms with Gasteiger partial charge in [0.25, 0.3) is 5.69 Å². The molecule has 0 saturated carbocycles. The van der Waals surface area contributed by atoms with Crippen LogP contribution in [0.2, 0.25) is 0 Å². The number of nitro benzene ring substituents is 1. The third kappa shape index (κ3) is 6.80. The van der Waals surface area contributed by atoms with Crippen molar-refractivity contribution in [2.75, 3.05) is 0 Å². The summed E-state index contributed by atoms with van der Waals surface area (Å²) < 4.78 is 0. The van der Waals surface area contributed by atoms with Crippen LogP contribution in [0.1, 0.15) is 70.0 Å². The van der Waals surface area contributed by atoms with Crippen molar-refractivity contribution >= 4 is 11.5 Å². The third-order valence-electron chi connectivity index (χ3n) is 3.72. The molecule has 5 heteroatoms. The lowest BCUT2D eigenvalue weighted by Gasteiger charge is -2.10. The molecule has 1 atom stereocenters. The van der Waals surface area contributed by atoms with E-state index in [1.54, 1.807) is 0 Å². The lowest BCUT2D eigenvalue weighted by Crippen LogP contribution is -2.06. The monoisotopic (exact) mass is 307 g/mol. The summed E-state index contributed by atoms with van der Waals surface area (Å²) in [4.78, 5) is 21.9. The molecule has 0 fully saturated rings. The molecule has 0 aliphatic carbocycles. The smallest absolute Gasteiger partial charge is 0.269 e. The average molecular weight is 307 g/mol. The summed E-state index contributed by atoms with van der Waals surface area (Å²) in [7, 11) is 0. The number of hydrogen-bond acceptors (Lipinski definition) is 4. The van der Waals surface area contributed by atoms with Crippen molar-refractivity contribution < 1.29 is 14.8 Å². The molecule has 0 aromatic heterocycles. The first-order valence-corrected chi connectivity index (χ1v) is 7.98. The van der Waals surface area contributed by atoms with E-state index >= 15 is 0 Å². The summed E-state index contributed by atoms with van der Waals surface area (Å²) in [5.74, 6) is 0.0429. The van der Waals surface area contributed by atoms with E-state index < -0.39 is 11.0 Å². The van der Waals surface area contributed by atoms with Crippen molar-refractivity contribution in [2.24, 2.45) is 0 Å². The Morgan fingerprint density at radius 1 is 1.14 bits per heavy atom. The molecule has 1 rings (SSSR count). The van der Waals surface area contributed by atoms with Gasteiger partial charge in [-0.25, -0.2) is 0 Å². The van der Waals surface area contributed by atoms with Gasteiger partial charge in [0, 0.05) is 25.0 Å². The van der Waals surface area contributed by atoms with Crippen LogP contribution in [0.25, 0.3) is 0 Å². The normalized spacial score (nSPS) is 12.1. The first kappa shape index (κ1) is 18.3. The van der Waals surface area contributed by atoms with Crippen molar-refractivity contribution in [1.29, 1.82) is 0 Å². The van der Waals surface area contributed by atoms with Gasteiger partial charge in [0.05, 0.1) is 11.0 Å². The summed E-state index contributed by atoms with van der Waals surface area (Å²) in [5.41, 5.74) is 0.524. The molecular weight excluding hydrogens is 282 g/mol. The van der Waals surface area contributed by atoms with E-state index in [9.17, 15) is 20.0 Å². The highest BCUT2D eigenvalue weighted by Crippen LogP contribution is 2.21. The number of aliphatic hydroxyl groups excluding tert-OH is 1. The van der Waals surface area contributed by atoms with Crippen LogP contribution in [-0.4, -0.2) is 15.8 Å². The summed E-state index contributed by atoms with van der Waals surface area (Å²) in [5, 5.41) is 20.6. The molecule has 22 heavy (non-hydrogen) atoms. The zero-order valence-corrected chi connectivity index (χ0v) is 13.2. The maximum atomic E-state index is 11.8. The van der Waals surface area contributed by atoms with Crippen molar-refractivity contribution in [3.05, 3.63) is 39.9 Å². The van der Waals surface area contributed by atoms with Crippen molar-refractivity contribution in [1.82, 2.24) is 0 Å². The number of unbranched alkanes of at least 4 members (excludes halogenated alkanes) is 5. The van der Waals surface area contributed by atoms with Gasteiger partial charge in [-0.15, -0.1) is 0 Å². The first-order chi connectivity index (χ1) is 10.5. The largest absolute Gasteiger partial charge is 0.388 e. The molecule has 0 saturated heterocycles. The lowest BCUT2D eigenvalue weighted by atomic mass is 10.0. The van der Waals surface area contributed by atoms with Gasteiger partial charge in [-0.3, -0.25) is 14.9 Å². The zero-order valence-electron chi connectivity index (χ0n) is 13.2. The summed E-state index contributed by atoms with van der Waals surface area (Å²) in [6, 6.07) is 5.69. The maximum absolute atomic E-state index is 11.8. The van der Waals surface area contributed by atoms with Crippen LogP contribution in [-0.2, 0) is 4.79 Å². The molecule has 0 amide bonds. The quantitative estimate of drug-likeness (QED) is 0.374. The highest BCUT2D eigenvalue weighted by Gasteiger charge is 2.14. The molecule has 0 aliphatic heterocycles. The van der Waals surface area contributed by atoms with Crippen molar-refractivity contribution in [2.45, 2.75) is 64.4 Å². The SMILES string of the molecule is CCCCCCCCC(=O)C[C@@H](O)c1ccc([N+](=O)[O-])cc1. The third-order valence-corrected chi connectivity index (χ3v) is 3.72. The van der Waals surface area contributed by atoms with Gasteiger partial charge in [0.2, 0.25) is 0 Å². The molecule has 0 radical (unpaired) electrons. The Labute approximate surface area is 131 Å². The number of Topliss-reactive ketones (excluding diaryl/α,β-unsaturated/α-hetero) is 1. The predicted molar refractivity (Wildman–Crippen MR) is 85.7 cm³/mol. The summed E-state index contributed by atoms with van der Waals surface area (Å²) >= 11 is 0. The number of carbonyl (C=O) groups is 1. The number of rotatable bonds is 11. The van der Waals surface area contributed by atoms with Crippen molar-refractivity contribution in [3.8, 4) is 0 Å². The molecule has 1 aromatic rings. The Morgan fingerprint density at radius 2 is 1.73 bits per heavy atom. The first-order valence-electron chi connectivity index (χ1n) is 7.98. The minimum Gasteiger partial charge on any atom is -0.388 e. The van der Waals surface area contributed by atoms with Gasteiger partial charge in [-0.1, -0.05) is 39.0 Å². The van der Waals surface area contributed by atoms with Gasteiger partial charge in [0.15, 0.2) is 0 Å². The molecule has 0 spiro atoms. The molecule has 1 aromatic carbocycles. The van der Waals surface area contributed by atoms with Crippen LogP contribution in [0.5, 0.6) is 0 Å². The van der Waals surface area contributed by atoms with E-state index in [1.807, 2.05) is 0 Å². The fourth-order valence-electron chi connectivity index (χ4n) is 2.36. The fraction of sp³-hybridized carbons (Fsp3) is 0.588. The van der Waals surface area contributed by atoms with Gasteiger partial charge < -0.3 is 5.11 Å². The van der Waals surface area contributed by atoms with E-state index in [2.05, 4.69) is 6.92 Å². The zero-order chi connectivity index (χ0) is 16.4. The summed E-state index contributed by atoms with van der Waals surface area (Å²) in [6.45, 7) is 2.17. The topological polar surface area (TPSA) is 80.4 Å². The Balaban J connectivity index is 2.30. The molecule has 0 heterocycles. The number of ketones is 1. The Hall–Kier alpha value is -1.75. The van der Waals surface area contributed by atoms with Crippen molar-refractivity contribution in [3.63, 3.8) is 0 Å². The number of non-ortho nitro benzene ring substituents is 1. The summed E-state index contributed by atoms with van der Waals surface area (Å²) in [6.07, 6.45) is 6.45. The molecule has 0 unspecified atom stereocenters. The second kappa shape index (κ2) is 10.1. The van der Waals surface area contributed by atoms with Gasteiger partial charge in [-0.05, 0) is 24.1 Å². The Kier molecular flexibility index (Phi) is 8.36. The molecular formula is C17H25NO4. The number of benzene rings is 1. The number of hydrogen-bond donors (Lipinski definition) is 1. The van der Waals surface area contributed by atoms with Crippen LogP contribution in [0.3, 0.4) is 0 Å². The number of nitrogens with zero attached hydrogens (tertiary/aromatic N) is 1. The predicted octanol–water partition coefficient (Wildman–Crippen LogP) is 4.34. The van der Waals surface area contributed by atoms with E-state index in [-0.39, 0.29) is 17.9 Å². The average Bonchev–Trinajstić information content (AvgIpc) is 2.50. The molecule has 122 valence electrons. The standard InChI is InChI=1S/C17H25NO4/c1-2-3-4-5-6-7-8-16(19)13-17(20)14-9-11-15(12-10-14)18(21)22/h9-12,17,20H,2-8,13H2,1H3/t17-/m1/s1. The molecule has 0 aliphatic rings. The Morgan fingerprint density at radius 3 is 2.32 bits per heavy atom. The van der Waals surface area contributed by atoms with Gasteiger partial charge in [0.1, 0.15) is 5.78 Å².